The zero-order valence-corrected chi connectivity index (χ0v) is 14.9. The molecule has 0 aliphatic carbocycles. The molecule has 0 N–H and O–H groups in total. The quantitative estimate of drug-likeness (QED) is 0.678. The van der Waals surface area contributed by atoms with E-state index in [0.29, 0.717) is 0 Å². The maximum absolute atomic E-state index is 12.8. The lowest BCUT2D eigenvalue weighted by Crippen LogP contribution is -2.24. The van der Waals surface area contributed by atoms with Crippen molar-refractivity contribution in [2.45, 2.75) is 13.0 Å². The van der Waals surface area contributed by atoms with Crippen molar-refractivity contribution in [3.05, 3.63) is 83.2 Å². The van der Waals surface area contributed by atoms with Crippen molar-refractivity contribution in [1.82, 2.24) is 9.47 Å². The Bertz CT molecular complexity index is 868. The van der Waals surface area contributed by atoms with Gasteiger partial charge in [-0.2, -0.15) is 0 Å². The van der Waals surface area contributed by atoms with E-state index in [4.69, 9.17) is 0 Å². The Hall–Kier alpha value is -2.65. The van der Waals surface area contributed by atoms with Crippen LogP contribution in [0.1, 0.15) is 6.42 Å². The molecule has 1 heterocycles. The summed E-state index contributed by atoms with van der Waals surface area (Å²) in [5.74, 6) is 0. The molecule has 3 nitrogen and oxygen atoms in total. The van der Waals surface area contributed by atoms with E-state index in [1.165, 1.54) is 0 Å². The van der Waals surface area contributed by atoms with Crippen LogP contribution in [0.5, 0.6) is 0 Å². The first-order valence-electron chi connectivity index (χ1n) is 8.65. The van der Waals surface area contributed by atoms with Crippen LogP contribution >= 0.6 is 0 Å². The van der Waals surface area contributed by atoms with Crippen molar-refractivity contribution in [3.8, 4) is 22.4 Å². The smallest absolute Gasteiger partial charge is 0.251 e. The summed E-state index contributed by atoms with van der Waals surface area (Å²) in [7, 11) is 4.11. The van der Waals surface area contributed by atoms with Crippen LogP contribution in [0.25, 0.3) is 22.4 Å². The van der Waals surface area contributed by atoms with Gasteiger partial charge in [0, 0.05) is 12.6 Å². The van der Waals surface area contributed by atoms with Gasteiger partial charge in [-0.25, -0.2) is 0 Å². The molecule has 0 radical (unpaired) electrons. The van der Waals surface area contributed by atoms with E-state index < -0.39 is 0 Å². The SMILES string of the molecule is CN(C)CCCn1c(-c2ccccc2)cc(-c2ccccc2)cc1=O. The van der Waals surface area contributed by atoms with Crippen LogP contribution in [0, 0.1) is 0 Å². The third kappa shape index (κ3) is 4.25. The molecular formula is C22H24N2O. The molecule has 0 spiro atoms. The van der Waals surface area contributed by atoms with Crippen LogP contribution in [-0.4, -0.2) is 30.1 Å². The van der Waals surface area contributed by atoms with E-state index in [2.05, 4.69) is 37.2 Å². The number of nitrogens with zero attached hydrogens (tertiary/aromatic N) is 2. The molecule has 2 aromatic carbocycles. The normalized spacial score (nSPS) is 11.0. The van der Waals surface area contributed by atoms with Crippen LogP contribution < -0.4 is 5.56 Å². The Morgan fingerprint density at radius 2 is 1.40 bits per heavy atom. The van der Waals surface area contributed by atoms with Crippen LogP contribution in [0.15, 0.2) is 77.6 Å². The summed E-state index contributed by atoms with van der Waals surface area (Å²) in [5.41, 5.74) is 4.14. The van der Waals surface area contributed by atoms with Crippen molar-refractivity contribution in [2.75, 3.05) is 20.6 Å². The largest absolute Gasteiger partial charge is 0.309 e. The van der Waals surface area contributed by atoms with Crippen LogP contribution in [0.3, 0.4) is 0 Å². The summed E-state index contributed by atoms with van der Waals surface area (Å²) in [5, 5.41) is 0. The second-order valence-corrected chi connectivity index (χ2v) is 6.51. The lowest BCUT2D eigenvalue weighted by molar-refractivity contribution is 0.385. The summed E-state index contributed by atoms with van der Waals surface area (Å²) in [4.78, 5) is 15.0. The van der Waals surface area contributed by atoms with Crippen LogP contribution in [0.2, 0.25) is 0 Å². The lowest BCUT2D eigenvalue weighted by atomic mass is 10.0. The monoisotopic (exact) mass is 332 g/mol. The van der Waals surface area contributed by atoms with Gasteiger partial charge in [0.1, 0.15) is 0 Å². The first-order chi connectivity index (χ1) is 12.1. The molecule has 0 aliphatic heterocycles. The Labute approximate surface area is 149 Å². The van der Waals surface area contributed by atoms with Crippen molar-refractivity contribution in [3.63, 3.8) is 0 Å². The van der Waals surface area contributed by atoms with E-state index in [9.17, 15) is 4.79 Å². The van der Waals surface area contributed by atoms with E-state index >= 15 is 0 Å². The molecule has 3 rings (SSSR count). The molecule has 0 fully saturated rings. The topological polar surface area (TPSA) is 25.2 Å². The summed E-state index contributed by atoms with van der Waals surface area (Å²) in [6.07, 6.45) is 0.942. The van der Waals surface area contributed by atoms with Crippen molar-refractivity contribution >= 4 is 0 Å². The summed E-state index contributed by atoms with van der Waals surface area (Å²) in [6.45, 7) is 1.68. The van der Waals surface area contributed by atoms with Crippen molar-refractivity contribution in [1.29, 1.82) is 0 Å². The minimum atomic E-state index is 0.0546. The Morgan fingerprint density at radius 3 is 2.00 bits per heavy atom. The minimum absolute atomic E-state index is 0.0546. The molecular weight excluding hydrogens is 308 g/mol. The van der Waals surface area contributed by atoms with Gasteiger partial charge in [-0.1, -0.05) is 60.7 Å². The van der Waals surface area contributed by atoms with Gasteiger partial charge in [0.2, 0.25) is 0 Å². The predicted octanol–water partition coefficient (Wildman–Crippen LogP) is 4.13. The Balaban J connectivity index is 2.06. The number of benzene rings is 2. The molecule has 3 heteroatoms. The third-order valence-corrected chi connectivity index (χ3v) is 4.29. The van der Waals surface area contributed by atoms with Crippen LogP contribution in [-0.2, 0) is 6.54 Å². The highest BCUT2D eigenvalue weighted by Crippen LogP contribution is 2.25. The number of pyridine rings is 1. The van der Waals surface area contributed by atoms with Gasteiger partial charge in [0.15, 0.2) is 0 Å². The van der Waals surface area contributed by atoms with Gasteiger partial charge in [0.05, 0.1) is 5.69 Å². The van der Waals surface area contributed by atoms with Gasteiger partial charge in [-0.05, 0) is 49.8 Å². The molecule has 0 unspecified atom stereocenters. The van der Waals surface area contributed by atoms with E-state index in [0.717, 1.165) is 41.9 Å². The second-order valence-electron chi connectivity index (χ2n) is 6.51. The molecule has 0 saturated heterocycles. The molecule has 0 aliphatic rings. The zero-order valence-electron chi connectivity index (χ0n) is 14.9. The van der Waals surface area contributed by atoms with E-state index in [-0.39, 0.29) is 5.56 Å². The van der Waals surface area contributed by atoms with Gasteiger partial charge in [0.25, 0.3) is 5.56 Å². The predicted molar refractivity (Wildman–Crippen MR) is 105 cm³/mol. The van der Waals surface area contributed by atoms with E-state index in [1.807, 2.05) is 53.1 Å². The second kappa shape index (κ2) is 7.95. The highest BCUT2D eigenvalue weighted by Gasteiger charge is 2.10. The summed E-state index contributed by atoms with van der Waals surface area (Å²) in [6, 6.07) is 24.1. The fraction of sp³-hybridized carbons (Fsp3) is 0.227. The molecule has 3 aromatic rings. The van der Waals surface area contributed by atoms with Gasteiger partial charge in [-0.15, -0.1) is 0 Å². The average molecular weight is 332 g/mol. The molecule has 1 aromatic heterocycles. The van der Waals surface area contributed by atoms with Crippen molar-refractivity contribution in [2.24, 2.45) is 0 Å². The highest BCUT2D eigenvalue weighted by molar-refractivity contribution is 5.70. The van der Waals surface area contributed by atoms with Gasteiger partial charge >= 0.3 is 0 Å². The lowest BCUT2D eigenvalue weighted by Gasteiger charge is -2.16. The Kier molecular flexibility index (Phi) is 5.46. The fourth-order valence-corrected chi connectivity index (χ4v) is 3.02. The number of hydrogen-bond donors (Lipinski definition) is 0. The van der Waals surface area contributed by atoms with Gasteiger partial charge < -0.3 is 9.47 Å². The first kappa shape index (κ1) is 17.2. The molecule has 0 atom stereocenters. The molecule has 0 saturated carbocycles. The number of hydrogen-bond acceptors (Lipinski definition) is 2. The zero-order chi connectivity index (χ0) is 17.6. The molecule has 25 heavy (non-hydrogen) atoms. The molecule has 0 bridgehead atoms. The maximum atomic E-state index is 12.8. The Morgan fingerprint density at radius 1 is 0.800 bits per heavy atom. The molecule has 128 valence electrons. The highest BCUT2D eigenvalue weighted by atomic mass is 16.1. The summed E-state index contributed by atoms with van der Waals surface area (Å²) >= 11 is 0. The summed E-state index contributed by atoms with van der Waals surface area (Å²) < 4.78 is 1.89. The number of rotatable bonds is 6. The number of aromatic nitrogens is 1. The minimum Gasteiger partial charge on any atom is -0.309 e. The molecule has 0 amide bonds. The van der Waals surface area contributed by atoms with E-state index in [1.54, 1.807) is 6.07 Å². The van der Waals surface area contributed by atoms with Crippen molar-refractivity contribution < 1.29 is 0 Å². The third-order valence-electron chi connectivity index (χ3n) is 4.29. The average Bonchev–Trinajstić information content (AvgIpc) is 2.64. The maximum Gasteiger partial charge on any atom is 0.251 e. The first-order valence-corrected chi connectivity index (χ1v) is 8.65. The fourth-order valence-electron chi connectivity index (χ4n) is 3.02. The van der Waals surface area contributed by atoms with Crippen LogP contribution in [0.4, 0.5) is 0 Å². The van der Waals surface area contributed by atoms with Gasteiger partial charge in [-0.3, -0.25) is 4.79 Å². The standard InChI is InChI=1S/C22H24N2O/c1-23(2)14-9-15-24-21(19-12-7-4-8-13-19)16-20(17-22(24)25)18-10-5-3-6-11-18/h3-8,10-13,16-17H,9,14-15H2,1-2H3.